The highest BCUT2D eigenvalue weighted by Gasteiger charge is 2.67. The van der Waals surface area contributed by atoms with Crippen LogP contribution >= 0.6 is 11.6 Å². The standard InChI is InChI=1S/C41H38ClF8N7O5S2/c1-40(2,63(3,59)60)11-10-22-4-7-24(25-8-9-28(42)33-36(25)56(17-30(45)46)54-39(33)55-64(61,62)23-5-6-23)34(51-22)29(14-19-12-20(43)15-21(44)13-19)52-31(58)18-57-37-32(35(53-57)38(47)48)26-16-27(26)41(37,49)50/h4,7,12-13,15,23,26-27,29-30,38H,5-6,8-9,14,16-18H2,1-3H3,(H,52,58)(H,54,55). The highest BCUT2D eigenvalue weighted by molar-refractivity contribution is 7.93. The van der Waals surface area contributed by atoms with Crippen molar-refractivity contribution in [1.29, 1.82) is 0 Å². The number of fused-ring (bicyclic) bond motifs is 4. The van der Waals surface area contributed by atoms with Gasteiger partial charge in [-0.2, -0.15) is 19.0 Å². The quantitative estimate of drug-likeness (QED) is 0.121. The molecule has 12 nitrogen and oxygen atoms in total. The molecule has 1 amide bonds. The zero-order chi connectivity index (χ0) is 46.4. The number of alkyl halides is 6. The Morgan fingerprint density at radius 3 is 2.31 bits per heavy atom. The topological polar surface area (TPSA) is 158 Å². The number of nitrogens with zero attached hydrogens (tertiary/aromatic N) is 5. The predicted octanol–water partition coefficient (Wildman–Crippen LogP) is 5.68. The number of aromatic nitrogens is 5. The van der Waals surface area contributed by atoms with E-state index in [1.54, 1.807) is 0 Å². The number of carbonyl (C=O) groups is 1. The van der Waals surface area contributed by atoms with E-state index in [9.17, 15) is 48.0 Å². The van der Waals surface area contributed by atoms with Gasteiger partial charge in [0.05, 0.1) is 27.6 Å². The number of sulfone groups is 1. The lowest BCUT2D eigenvalue weighted by Gasteiger charge is -2.24. The maximum atomic E-state index is 15.5. The molecule has 2 N–H and O–H groups in total. The van der Waals surface area contributed by atoms with Crippen LogP contribution in [0.2, 0.25) is 0 Å². The van der Waals surface area contributed by atoms with Crippen LogP contribution in [0.5, 0.6) is 0 Å². The second-order valence-electron chi connectivity index (χ2n) is 16.8. The molecule has 4 aliphatic rings. The van der Waals surface area contributed by atoms with Gasteiger partial charge in [-0.3, -0.25) is 18.9 Å². The summed E-state index contributed by atoms with van der Waals surface area (Å²) in [6.45, 7) is 0.608. The van der Waals surface area contributed by atoms with Crippen molar-refractivity contribution < 1.29 is 56.8 Å². The molecule has 2 saturated carbocycles. The van der Waals surface area contributed by atoms with E-state index in [-0.39, 0.29) is 74.3 Å². The van der Waals surface area contributed by atoms with Crippen LogP contribution in [0.3, 0.4) is 0 Å². The molecule has 0 spiro atoms. The SMILES string of the molecule is CC(C)(C#Cc1ccc(C2=c3c(c(NS(=O)(=O)C4CC4)nn3CC(F)F)=C(Cl)CC2)c(C(Cc2cc(F)cc(F)c2)NC(=O)Cn2nc(C(F)F)c3c2C(F)(F)C2CC32)n1)S(C)(=O)=O. The van der Waals surface area contributed by atoms with E-state index in [1.807, 2.05) is 0 Å². The van der Waals surface area contributed by atoms with Crippen LogP contribution < -0.4 is 20.6 Å². The number of halogens is 9. The number of carbonyl (C=O) groups excluding carboxylic acids is 1. The molecule has 4 aromatic rings. The minimum atomic E-state index is -4.02. The van der Waals surface area contributed by atoms with Crippen LogP contribution in [0, 0.1) is 29.4 Å². The molecule has 0 aliphatic heterocycles. The fourth-order valence-corrected chi connectivity index (χ4v) is 10.0. The Kier molecular flexibility index (Phi) is 11.5. The van der Waals surface area contributed by atoms with E-state index in [0.717, 1.165) is 23.1 Å². The van der Waals surface area contributed by atoms with E-state index >= 15 is 8.78 Å². The summed E-state index contributed by atoms with van der Waals surface area (Å²) in [6, 6.07) is 3.74. The van der Waals surface area contributed by atoms with Crippen LogP contribution in [0.4, 0.5) is 40.9 Å². The summed E-state index contributed by atoms with van der Waals surface area (Å²) in [4.78, 5) is 18.8. The van der Waals surface area contributed by atoms with Gasteiger partial charge in [0.1, 0.15) is 46.6 Å². The van der Waals surface area contributed by atoms with Gasteiger partial charge in [0.25, 0.3) is 18.8 Å². The summed E-state index contributed by atoms with van der Waals surface area (Å²) < 4.78 is 171. The number of benzene rings is 1. The molecule has 1 aromatic carbocycles. The fourth-order valence-electron chi connectivity index (χ4n) is 8.20. The van der Waals surface area contributed by atoms with Crippen molar-refractivity contribution in [3.8, 4) is 11.8 Å². The Bertz CT molecular complexity index is 3010. The highest BCUT2D eigenvalue weighted by atomic mass is 35.5. The third kappa shape index (κ3) is 8.62. The minimum Gasteiger partial charge on any atom is -0.346 e. The normalized spacial score (nSPS) is 19.5. The first-order valence-electron chi connectivity index (χ1n) is 19.9. The van der Waals surface area contributed by atoms with Gasteiger partial charge in [-0.25, -0.2) is 48.2 Å². The van der Waals surface area contributed by atoms with Crippen molar-refractivity contribution >= 4 is 53.8 Å². The van der Waals surface area contributed by atoms with Gasteiger partial charge in [-0.15, -0.1) is 0 Å². The first kappa shape index (κ1) is 45.6. The van der Waals surface area contributed by atoms with Crippen LogP contribution in [-0.2, 0) is 50.1 Å². The van der Waals surface area contributed by atoms with Gasteiger partial charge in [-0.05, 0) is 99.6 Å². The maximum absolute atomic E-state index is 15.5. The Labute approximate surface area is 366 Å². The third-order valence-electron chi connectivity index (χ3n) is 11.8. The molecule has 2 fully saturated rings. The fraction of sp³-hybridized carbons (Fsp3) is 0.463. The zero-order valence-corrected chi connectivity index (χ0v) is 36.4. The van der Waals surface area contributed by atoms with Crippen LogP contribution in [0.25, 0.3) is 10.6 Å². The molecule has 342 valence electrons. The average molecular weight is 960 g/mol. The molecule has 23 heteroatoms. The molecule has 8 rings (SSSR count). The summed E-state index contributed by atoms with van der Waals surface area (Å²) in [6.07, 6.45) is -5.12. The monoisotopic (exact) mass is 959 g/mol. The number of anilines is 1. The van der Waals surface area contributed by atoms with Gasteiger partial charge < -0.3 is 5.32 Å². The summed E-state index contributed by atoms with van der Waals surface area (Å²) >= 11 is 6.71. The lowest BCUT2D eigenvalue weighted by atomic mass is 9.90. The molecule has 3 atom stereocenters. The molecule has 64 heavy (non-hydrogen) atoms. The predicted molar refractivity (Wildman–Crippen MR) is 217 cm³/mol. The number of amides is 1. The largest absolute Gasteiger partial charge is 0.346 e. The molecule has 3 heterocycles. The van der Waals surface area contributed by atoms with Gasteiger partial charge in [0, 0.05) is 34.4 Å². The van der Waals surface area contributed by atoms with Crippen LogP contribution in [0.1, 0.15) is 104 Å². The van der Waals surface area contributed by atoms with E-state index in [2.05, 4.69) is 37.1 Å². The minimum absolute atomic E-state index is 0.00513. The van der Waals surface area contributed by atoms with Crippen LogP contribution in [-0.4, -0.2) is 70.0 Å². The van der Waals surface area contributed by atoms with Gasteiger partial charge >= 0.3 is 0 Å². The summed E-state index contributed by atoms with van der Waals surface area (Å²) in [5.41, 5.74) is -2.09. The van der Waals surface area contributed by atoms with E-state index < -0.39 is 115 Å². The van der Waals surface area contributed by atoms with Gasteiger partial charge in [0.2, 0.25) is 15.9 Å². The average Bonchev–Trinajstić information content (AvgIpc) is 4.10. The Morgan fingerprint density at radius 2 is 1.69 bits per heavy atom. The number of pyridine rings is 1. The maximum Gasteiger partial charge on any atom is 0.293 e. The third-order valence-corrected chi connectivity index (χ3v) is 15.9. The van der Waals surface area contributed by atoms with E-state index in [4.69, 9.17) is 11.6 Å². The molecule has 3 unspecified atom stereocenters. The molecule has 3 aromatic heterocycles. The van der Waals surface area contributed by atoms with Crippen molar-refractivity contribution in [3.05, 3.63) is 92.0 Å². The smallest absolute Gasteiger partial charge is 0.293 e. The van der Waals surface area contributed by atoms with Crippen molar-refractivity contribution in [1.82, 2.24) is 29.9 Å². The van der Waals surface area contributed by atoms with Crippen molar-refractivity contribution in [3.63, 3.8) is 0 Å². The van der Waals surface area contributed by atoms with E-state index in [0.29, 0.717) is 23.6 Å². The van der Waals surface area contributed by atoms with Crippen molar-refractivity contribution in [2.24, 2.45) is 5.92 Å². The number of rotatable bonds is 14. The summed E-state index contributed by atoms with van der Waals surface area (Å²) in [5.74, 6) is -3.80. The van der Waals surface area contributed by atoms with Gasteiger partial charge in [0.15, 0.2) is 15.7 Å². The second kappa shape index (κ2) is 16.2. The Morgan fingerprint density at radius 1 is 1.00 bits per heavy atom. The number of hydrogen-bond acceptors (Lipinski definition) is 8. The number of hydrogen-bond donors (Lipinski definition) is 2. The molecule has 0 bridgehead atoms. The van der Waals surface area contributed by atoms with Gasteiger partial charge in [-0.1, -0.05) is 17.5 Å². The van der Waals surface area contributed by atoms with Crippen molar-refractivity contribution in [2.75, 3.05) is 11.0 Å². The summed E-state index contributed by atoms with van der Waals surface area (Å²) in [7, 11) is -7.79. The molecule has 4 aliphatic carbocycles. The molecule has 0 saturated heterocycles. The first-order valence-corrected chi connectivity index (χ1v) is 23.7. The Hall–Kier alpha value is -5.01. The van der Waals surface area contributed by atoms with E-state index in [1.165, 1.54) is 26.0 Å². The lowest BCUT2D eigenvalue weighted by molar-refractivity contribution is -0.123. The zero-order valence-electron chi connectivity index (χ0n) is 34.0. The lowest BCUT2D eigenvalue weighted by Crippen LogP contribution is -2.39. The number of sulfonamides is 1. The summed E-state index contributed by atoms with van der Waals surface area (Å²) in [5, 5.41) is 9.80. The highest BCUT2D eigenvalue weighted by Crippen LogP contribution is 2.68. The molecular formula is C41H38ClF8N7O5S2. The van der Waals surface area contributed by atoms with Crippen LogP contribution in [0.15, 0.2) is 30.3 Å². The molecule has 0 radical (unpaired) electrons. The Balaban J connectivity index is 1.32. The number of nitrogens with one attached hydrogen (secondary N) is 2. The second-order valence-corrected chi connectivity index (χ2v) is 21.8. The van der Waals surface area contributed by atoms with Crippen molar-refractivity contribution in [2.45, 2.75) is 106 Å². The molecular weight excluding hydrogens is 922 g/mol. The first-order chi connectivity index (χ1) is 29.9.